The molecule has 0 aromatic heterocycles. The van der Waals surface area contributed by atoms with E-state index < -0.39 is 32.3 Å². The van der Waals surface area contributed by atoms with Crippen molar-refractivity contribution in [1.82, 2.24) is 0 Å². The molecule has 0 fully saturated rings. The van der Waals surface area contributed by atoms with Gasteiger partial charge in [-0.05, 0) is 19.8 Å². The Morgan fingerprint density at radius 3 is 1.38 bits per heavy atom. The van der Waals surface area contributed by atoms with Gasteiger partial charge in [-0.25, -0.2) is 4.57 Å². The number of esters is 2. The number of nitrogens with zero attached hydrogens (tertiary/aromatic N) is 2. The van der Waals surface area contributed by atoms with Crippen LogP contribution in [0, 0.1) is 11.3 Å². The fourth-order valence-electron chi connectivity index (χ4n) is 7.28. The molecule has 0 heterocycles. The van der Waals surface area contributed by atoms with E-state index in [9.17, 15) is 24.3 Å². The SMILES string of the molecule is CCCCCCCCCCCCCCCCCC(=O)OCC(COC(CC#N)OOP(=O)(O)OC(C)CC[N+](C)(C)C)OC(=O)CCCCCCCCCCCCCCCCC.[Cl-]. The number of carbonyl (C=O) groups is 2. The molecule has 12 nitrogen and oxygen atoms in total. The molecular weight excluding hydrogens is 843 g/mol. The Morgan fingerprint density at radius 1 is 0.619 bits per heavy atom. The average molecular weight is 940 g/mol. The van der Waals surface area contributed by atoms with Gasteiger partial charge in [0, 0.05) is 19.3 Å². The Labute approximate surface area is 392 Å². The van der Waals surface area contributed by atoms with Crippen molar-refractivity contribution in [2.75, 3.05) is 40.9 Å². The van der Waals surface area contributed by atoms with E-state index in [1.807, 2.05) is 27.2 Å². The predicted molar refractivity (Wildman–Crippen MR) is 250 cm³/mol. The molecular formula is C49H96ClN2O10P. The summed E-state index contributed by atoms with van der Waals surface area (Å²) in [5.74, 6) is -0.814. The van der Waals surface area contributed by atoms with E-state index in [1.54, 1.807) is 6.92 Å². The van der Waals surface area contributed by atoms with Crippen LogP contribution in [0.3, 0.4) is 0 Å². The van der Waals surface area contributed by atoms with Gasteiger partial charge in [0.15, 0.2) is 6.10 Å². The maximum atomic E-state index is 12.9. The zero-order chi connectivity index (χ0) is 46.0. The molecule has 0 aliphatic heterocycles. The number of hydrogen-bond acceptors (Lipinski definition) is 10. The van der Waals surface area contributed by atoms with Crippen molar-refractivity contribution in [2.45, 2.75) is 258 Å². The van der Waals surface area contributed by atoms with Crippen LogP contribution < -0.4 is 12.4 Å². The first-order valence-electron chi connectivity index (χ1n) is 25.3. The average Bonchev–Trinajstić information content (AvgIpc) is 3.22. The minimum absolute atomic E-state index is 0. The minimum atomic E-state index is -4.64. The van der Waals surface area contributed by atoms with E-state index in [-0.39, 0.29) is 50.9 Å². The third-order valence-electron chi connectivity index (χ3n) is 11.2. The molecule has 0 aromatic rings. The lowest BCUT2D eigenvalue weighted by Gasteiger charge is -2.26. The Morgan fingerprint density at radius 2 is 1.00 bits per heavy atom. The number of quaternary nitrogens is 1. The molecule has 4 unspecified atom stereocenters. The fourth-order valence-corrected chi connectivity index (χ4v) is 8.08. The lowest BCUT2D eigenvalue weighted by Crippen LogP contribution is -3.00. The van der Waals surface area contributed by atoms with Gasteiger partial charge < -0.3 is 36.0 Å². The van der Waals surface area contributed by atoms with Crippen LogP contribution in [0.5, 0.6) is 0 Å². The highest BCUT2D eigenvalue weighted by molar-refractivity contribution is 7.47. The molecule has 0 saturated carbocycles. The third-order valence-corrected chi connectivity index (χ3v) is 12.1. The number of rotatable bonds is 47. The van der Waals surface area contributed by atoms with Crippen LogP contribution in [-0.4, -0.2) is 80.7 Å². The van der Waals surface area contributed by atoms with Crippen LogP contribution in [0.4, 0.5) is 0 Å². The number of hydrogen-bond donors (Lipinski definition) is 1. The molecule has 0 rings (SSSR count). The number of phosphoric acid groups is 1. The summed E-state index contributed by atoms with van der Waals surface area (Å²) in [5, 5.41) is 9.35. The van der Waals surface area contributed by atoms with Crippen molar-refractivity contribution in [1.29, 1.82) is 5.26 Å². The van der Waals surface area contributed by atoms with E-state index in [0.717, 1.165) is 38.5 Å². The summed E-state index contributed by atoms with van der Waals surface area (Å²) in [6.45, 7) is 6.35. The van der Waals surface area contributed by atoms with Crippen LogP contribution in [0.2, 0.25) is 0 Å². The first kappa shape index (κ1) is 63.8. The molecule has 63 heavy (non-hydrogen) atoms. The Balaban J connectivity index is 0. The highest BCUT2D eigenvalue weighted by Gasteiger charge is 2.30. The van der Waals surface area contributed by atoms with Gasteiger partial charge in [-0.3, -0.25) is 14.1 Å². The topological polar surface area (TPSA) is 151 Å². The number of carbonyl (C=O) groups excluding carboxylic acids is 2. The van der Waals surface area contributed by atoms with Gasteiger partial charge in [0.05, 0.1) is 52.9 Å². The van der Waals surface area contributed by atoms with Gasteiger partial charge in [-0.15, -0.1) is 4.67 Å². The van der Waals surface area contributed by atoms with Crippen LogP contribution in [0.15, 0.2) is 0 Å². The monoisotopic (exact) mass is 939 g/mol. The smallest absolute Gasteiger partial charge is 0.499 e. The predicted octanol–water partition coefficient (Wildman–Crippen LogP) is 10.8. The second kappa shape index (κ2) is 44.5. The molecule has 0 bridgehead atoms. The minimum Gasteiger partial charge on any atom is -1.00 e. The molecule has 4 atom stereocenters. The second-order valence-corrected chi connectivity index (χ2v) is 20.0. The second-order valence-electron chi connectivity index (χ2n) is 18.7. The van der Waals surface area contributed by atoms with E-state index in [1.165, 1.54) is 148 Å². The highest BCUT2D eigenvalue weighted by atomic mass is 35.5. The number of halogens is 1. The fraction of sp³-hybridized carbons (Fsp3) is 0.939. The molecule has 0 saturated heterocycles. The zero-order valence-corrected chi connectivity index (χ0v) is 42.9. The quantitative estimate of drug-likeness (QED) is 0.0118. The summed E-state index contributed by atoms with van der Waals surface area (Å²) in [6, 6.07) is 1.89. The molecule has 0 aromatic carbocycles. The molecule has 1 N–H and O–H groups in total. The first-order chi connectivity index (χ1) is 29.8. The summed E-state index contributed by atoms with van der Waals surface area (Å²) < 4.78 is 40.0. The Kier molecular flexibility index (Phi) is 45.1. The summed E-state index contributed by atoms with van der Waals surface area (Å²) >= 11 is 0. The Hall–Kier alpha value is -1.29. The van der Waals surface area contributed by atoms with Gasteiger partial charge in [0.1, 0.15) is 6.61 Å². The first-order valence-corrected chi connectivity index (χ1v) is 26.8. The van der Waals surface area contributed by atoms with E-state index in [2.05, 4.69) is 13.8 Å². The third kappa shape index (κ3) is 47.0. The Bertz CT molecular complexity index is 1140. The summed E-state index contributed by atoms with van der Waals surface area (Å²) in [6.07, 6.45) is 34.7. The summed E-state index contributed by atoms with van der Waals surface area (Å²) in [4.78, 5) is 40.8. The molecule has 0 amide bonds. The summed E-state index contributed by atoms with van der Waals surface area (Å²) in [5.41, 5.74) is 0. The molecule has 0 aliphatic carbocycles. The van der Waals surface area contributed by atoms with E-state index in [0.29, 0.717) is 23.9 Å². The normalized spacial score (nSPS) is 14.0. The van der Waals surface area contributed by atoms with Crippen molar-refractivity contribution in [3.05, 3.63) is 0 Å². The molecule has 374 valence electrons. The lowest BCUT2D eigenvalue weighted by molar-refractivity contribution is -0.870. The standard InChI is InChI=1S/C49H95N2O10P.ClH/c1-7-9-11-13-15-17-19-21-23-25-27-29-31-33-35-37-47(52)56-43-46(44-57-49(39-41-50)59-61-62(54,55)60-45(3)40-42-51(4,5)6)58-48(53)38-36-34-32-30-28-26-24-22-20-18-16-14-12-10-8-2;/h45-46,49H,7-40,42-44H2,1-6H3;1H. The van der Waals surface area contributed by atoms with Gasteiger partial charge in [-0.1, -0.05) is 194 Å². The van der Waals surface area contributed by atoms with Crippen LogP contribution in [0.25, 0.3) is 0 Å². The maximum Gasteiger partial charge on any atom is 0.499 e. The molecule has 0 spiro atoms. The number of phosphoric ester groups is 1. The van der Waals surface area contributed by atoms with Gasteiger partial charge >= 0.3 is 19.8 Å². The number of unbranched alkanes of at least 4 members (excludes halogenated alkanes) is 28. The van der Waals surface area contributed by atoms with Gasteiger partial charge in [0.2, 0.25) is 6.29 Å². The molecule has 14 heteroatoms. The lowest BCUT2D eigenvalue weighted by atomic mass is 10.0. The van der Waals surface area contributed by atoms with Crippen LogP contribution in [-0.2, 0) is 42.5 Å². The molecule has 0 aliphatic rings. The molecule has 0 radical (unpaired) electrons. The zero-order valence-electron chi connectivity index (χ0n) is 41.2. The largest absolute Gasteiger partial charge is 1.00 e. The number of nitriles is 1. The summed E-state index contributed by atoms with van der Waals surface area (Å²) in [7, 11) is 1.36. The van der Waals surface area contributed by atoms with Crippen LogP contribution >= 0.6 is 7.82 Å². The number of ether oxygens (including phenoxy) is 3. The van der Waals surface area contributed by atoms with E-state index >= 15 is 0 Å². The van der Waals surface area contributed by atoms with Gasteiger partial charge in [0.25, 0.3) is 0 Å². The van der Waals surface area contributed by atoms with Crippen LogP contribution in [0.1, 0.15) is 239 Å². The van der Waals surface area contributed by atoms with E-state index in [4.69, 9.17) is 28.3 Å². The highest BCUT2D eigenvalue weighted by Crippen LogP contribution is 2.45. The van der Waals surface area contributed by atoms with Crippen molar-refractivity contribution in [3.63, 3.8) is 0 Å². The van der Waals surface area contributed by atoms with Gasteiger partial charge in [-0.2, -0.15) is 10.1 Å². The van der Waals surface area contributed by atoms with Crippen molar-refractivity contribution in [3.8, 4) is 6.07 Å². The van der Waals surface area contributed by atoms with Crippen molar-refractivity contribution >= 4 is 19.8 Å². The van der Waals surface area contributed by atoms with Crippen molar-refractivity contribution < 1.29 is 64.2 Å². The maximum absolute atomic E-state index is 12.9. The van der Waals surface area contributed by atoms with Crippen molar-refractivity contribution in [2.24, 2.45) is 0 Å².